The average molecular weight is 342 g/mol. The van der Waals surface area contributed by atoms with Crippen LogP contribution < -0.4 is 9.47 Å². The highest BCUT2D eigenvalue weighted by atomic mass is 16.6. The van der Waals surface area contributed by atoms with E-state index in [2.05, 4.69) is 0 Å². The quantitative estimate of drug-likeness (QED) is 0.527. The fraction of sp³-hybridized carbons (Fsp3) is 0.500. The summed E-state index contributed by atoms with van der Waals surface area (Å²) in [5, 5.41) is 20.5. The number of methoxy groups -OCH3 is 2. The molecule has 1 aromatic carbocycles. The predicted molar refractivity (Wildman–Crippen MR) is 83.1 cm³/mol. The van der Waals surface area contributed by atoms with Crippen molar-refractivity contribution >= 4 is 11.9 Å². The van der Waals surface area contributed by atoms with Crippen LogP contribution in [-0.4, -0.2) is 55.2 Å². The van der Waals surface area contributed by atoms with Crippen molar-refractivity contribution in [2.24, 2.45) is 0 Å². The number of benzene rings is 1. The highest BCUT2D eigenvalue weighted by molar-refractivity contribution is 6.03. The number of ether oxygens (including phenoxy) is 4. The predicted octanol–water partition coefficient (Wildman–Crippen LogP) is 0.809. The first-order valence-corrected chi connectivity index (χ1v) is 7.34. The van der Waals surface area contributed by atoms with E-state index in [-0.39, 0.29) is 30.5 Å². The van der Waals surface area contributed by atoms with Crippen LogP contribution in [0.1, 0.15) is 19.4 Å². The molecule has 0 spiro atoms. The number of hydrogen-bond donors (Lipinski definition) is 2. The maximum absolute atomic E-state index is 12.1. The van der Waals surface area contributed by atoms with Crippen LogP contribution in [0.5, 0.6) is 17.2 Å². The van der Waals surface area contributed by atoms with Gasteiger partial charge in [0.15, 0.2) is 11.5 Å². The summed E-state index contributed by atoms with van der Waals surface area (Å²) < 4.78 is 19.6. The second kappa shape index (κ2) is 8.39. The minimum absolute atomic E-state index is 0.0111. The molecule has 0 saturated carbocycles. The molecule has 8 nitrogen and oxygen atoms in total. The van der Waals surface area contributed by atoms with Crippen molar-refractivity contribution in [3.63, 3.8) is 0 Å². The van der Waals surface area contributed by atoms with Crippen molar-refractivity contribution in [2.45, 2.75) is 25.9 Å². The van der Waals surface area contributed by atoms with Crippen molar-refractivity contribution < 1.29 is 38.7 Å². The molecule has 0 aliphatic heterocycles. The molecule has 0 radical (unpaired) electrons. The number of phenolic OH excluding ortho intramolecular Hbond substituents is 1. The maximum Gasteiger partial charge on any atom is 0.350 e. The fourth-order valence-corrected chi connectivity index (χ4v) is 2.07. The summed E-state index contributed by atoms with van der Waals surface area (Å²) in [6, 6.07) is 2.75. The number of aromatic hydroxyl groups is 1. The Balaban J connectivity index is 3.28. The average Bonchev–Trinajstić information content (AvgIpc) is 2.56. The Morgan fingerprint density at radius 1 is 1.00 bits per heavy atom. The van der Waals surface area contributed by atoms with E-state index >= 15 is 0 Å². The Bertz CT molecular complexity index is 553. The molecule has 0 amide bonds. The number of phenols is 1. The molecule has 0 aliphatic rings. The molecule has 0 saturated heterocycles. The Kier molecular flexibility index (Phi) is 6.84. The molecule has 134 valence electrons. The lowest BCUT2D eigenvalue weighted by Gasteiger charge is -2.24. The van der Waals surface area contributed by atoms with Crippen LogP contribution in [0.25, 0.3) is 0 Å². The van der Waals surface area contributed by atoms with Gasteiger partial charge in [0.05, 0.1) is 27.4 Å². The third kappa shape index (κ3) is 4.08. The van der Waals surface area contributed by atoms with Gasteiger partial charge in [-0.1, -0.05) is 0 Å². The molecule has 0 bridgehead atoms. The van der Waals surface area contributed by atoms with Crippen molar-refractivity contribution in [3.8, 4) is 17.2 Å². The molecule has 0 aromatic heterocycles. The molecule has 1 aromatic rings. The van der Waals surface area contributed by atoms with Gasteiger partial charge in [0, 0.05) is 6.42 Å². The van der Waals surface area contributed by atoms with Crippen LogP contribution in [-0.2, 0) is 25.5 Å². The van der Waals surface area contributed by atoms with E-state index in [9.17, 15) is 19.8 Å². The molecule has 2 N–H and O–H groups in total. The molecule has 0 atom stereocenters. The van der Waals surface area contributed by atoms with Gasteiger partial charge in [-0.05, 0) is 31.5 Å². The molecule has 24 heavy (non-hydrogen) atoms. The molecule has 0 unspecified atom stereocenters. The molecular weight excluding hydrogens is 320 g/mol. The smallest absolute Gasteiger partial charge is 0.350 e. The Morgan fingerprint density at radius 2 is 1.42 bits per heavy atom. The summed E-state index contributed by atoms with van der Waals surface area (Å²) in [5.74, 6) is -2.33. The molecule has 8 heteroatoms. The fourth-order valence-electron chi connectivity index (χ4n) is 2.07. The lowest BCUT2D eigenvalue weighted by Crippen LogP contribution is -2.50. The standard InChI is InChI=1S/C16H22O8/c1-5-23-14(18)16(20,15(19)24-6-2)9-10-7-11(21-3)13(17)12(8-10)22-4/h7-8,17,20H,5-6,9H2,1-4H3. The lowest BCUT2D eigenvalue weighted by atomic mass is 9.94. The number of aliphatic hydroxyl groups is 1. The van der Waals surface area contributed by atoms with Crippen LogP contribution in [0.15, 0.2) is 12.1 Å². The van der Waals surface area contributed by atoms with E-state index in [0.717, 1.165) is 0 Å². The Morgan fingerprint density at radius 3 is 1.75 bits per heavy atom. The van der Waals surface area contributed by atoms with E-state index < -0.39 is 24.0 Å². The molecule has 1 rings (SSSR count). The van der Waals surface area contributed by atoms with Gasteiger partial charge in [-0.2, -0.15) is 0 Å². The number of carbonyl (C=O) groups is 2. The number of hydrogen-bond acceptors (Lipinski definition) is 8. The zero-order valence-corrected chi connectivity index (χ0v) is 14.1. The third-order valence-electron chi connectivity index (χ3n) is 3.23. The first-order chi connectivity index (χ1) is 11.3. The Hall–Kier alpha value is -2.48. The normalized spacial score (nSPS) is 10.9. The minimum Gasteiger partial charge on any atom is -0.502 e. The molecule has 0 fully saturated rings. The number of rotatable bonds is 8. The van der Waals surface area contributed by atoms with Crippen LogP contribution in [0.4, 0.5) is 0 Å². The zero-order valence-electron chi connectivity index (χ0n) is 14.1. The van der Waals surface area contributed by atoms with Gasteiger partial charge >= 0.3 is 11.9 Å². The van der Waals surface area contributed by atoms with Gasteiger partial charge in [0.2, 0.25) is 5.75 Å². The summed E-state index contributed by atoms with van der Waals surface area (Å²) in [6.45, 7) is 3.08. The third-order valence-corrected chi connectivity index (χ3v) is 3.23. The number of esters is 2. The van der Waals surface area contributed by atoms with Crippen molar-refractivity contribution in [2.75, 3.05) is 27.4 Å². The van der Waals surface area contributed by atoms with Crippen LogP contribution in [0.2, 0.25) is 0 Å². The van der Waals surface area contributed by atoms with Crippen LogP contribution in [0, 0.1) is 0 Å². The van der Waals surface area contributed by atoms with Crippen molar-refractivity contribution in [1.29, 1.82) is 0 Å². The highest BCUT2D eigenvalue weighted by Gasteiger charge is 2.47. The van der Waals surface area contributed by atoms with E-state index in [4.69, 9.17) is 18.9 Å². The SMILES string of the molecule is CCOC(=O)C(O)(Cc1cc(OC)c(O)c(OC)c1)C(=O)OCC. The van der Waals surface area contributed by atoms with Gasteiger partial charge in [0.1, 0.15) is 0 Å². The van der Waals surface area contributed by atoms with E-state index in [1.54, 1.807) is 13.8 Å². The summed E-state index contributed by atoms with van der Waals surface area (Å²) >= 11 is 0. The lowest BCUT2D eigenvalue weighted by molar-refractivity contribution is -0.183. The van der Waals surface area contributed by atoms with Gasteiger partial charge in [-0.3, -0.25) is 0 Å². The minimum atomic E-state index is -2.51. The highest BCUT2D eigenvalue weighted by Crippen LogP contribution is 2.38. The van der Waals surface area contributed by atoms with Gasteiger partial charge in [-0.15, -0.1) is 0 Å². The number of carbonyl (C=O) groups excluding carboxylic acids is 2. The van der Waals surface area contributed by atoms with E-state index in [1.165, 1.54) is 26.4 Å². The van der Waals surface area contributed by atoms with E-state index in [1.807, 2.05) is 0 Å². The zero-order chi connectivity index (χ0) is 18.3. The largest absolute Gasteiger partial charge is 0.502 e. The summed E-state index contributed by atoms with van der Waals surface area (Å²) in [7, 11) is 2.67. The summed E-state index contributed by atoms with van der Waals surface area (Å²) in [6.07, 6.45) is -0.433. The second-order valence-electron chi connectivity index (χ2n) is 4.83. The van der Waals surface area contributed by atoms with Crippen molar-refractivity contribution in [1.82, 2.24) is 0 Å². The molecule has 0 aliphatic carbocycles. The first kappa shape index (κ1) is 19.6. The monoisotopic (exact) mass is 342 g/mol. The topological polar surface area (TPSA) is 112 Å². The van der Waals surface area contributed by atoms with E-state index in [0.29, 0.717) is 5.56 Å². The molecule has 0 heterocycles. The van der Waals surface area contributed by atoms with Gasteiger partial charge < -0.3 is 29.2 Å². The maximum atomic E-state index is 12.1. The summed E-state index contributed by atoms with van der Waals surface area (Å²) in [5.41, 5.74) is -2.20. The summed E-state index contributed by atoms with van der Waals surface area (Å²) in [4.78, 5) is 24.2. The Labute approximate surface area is 139 Å². The van der Waals surface area contributed by atoms with Gasteiger partial charge in [0.25, 0.3) is 5.60 Å². The van der Waals surface area contributed by atoms with Crippen LogP contribution >= 0.6 is 0 Å². The van der Waals surface area contributed by atoms with Gasteiger partial charge in [-0.25, -0.2) is 9.59 Å². The second-order valence-corrected chi connectivity index (χ2v) is 4.83. The molecular formula is C16H22O8. The van der Waals surface area contributed by atoms with Crippen molar-refractivity contribution in [3.05, 3.63) is 17.7 Å². The van der Waals surface area contributed by atoms with Crippen LogP contribution in [0.3, 0.4) is 0 Å². The first-order valence-electron chi connectivity index (χ1n) is 7.34.